The standard InChI is InChI=1S/C12H19N3O2/c1-7(2)8(3)12(16)15-11-10(17-4)5-9(13)6-14-11/h5-8H,13H2,1-4H3,(H,14,15,16). The van der Waals surface area contributed by atoms with Crippen LogP contribution in [0.1, 0.15) is 20.8 Å². The van der Waals surface area contributed by atoms with Crippen LogP contribution in [0.3, 0.4) is 0 Å². The summed E-state index contributed by atoms with van der Waals surface area (Å²) in [5.74, 6) is 0.984. The molecule has 0 aromatic carbocycles. The van der Waals surface area contributed by atoms with Gasteiger partial charge in [-0.1, -0.05) is 20.8 Å². The second kappa shape index (κ2) is 5.52. The molecule has 0 fully saturated rings. The van der Waals surface area contributed by atoms with Gasteiger partial charge in [0.15, 0.2) is 11.6 Å². The molecule has 1 atom stereocenters. The number of methoxy groups -OCH3 is 1. The van der Waals surface area contributed by atoms with Gasteiger partial charge in [-0.05, 0) is 5.92 Å². The third kappa shape index (κ3) is 3.34. The first-order chi connectivity index (χ1) is 7.95. The zero-order valence-electron chi connectivity index (χ0n) is 10.7. The van der Waals surface area contributed by atoms with E-state index in [-0.39, 0.29) is 17.7 Å². The molecule has 1 amide bonds. The number of nitrogens with zero attached hydrogens (tertiary/aromatic N) is 1. The highest BCUT2D eigenvalue weighted by atomic mass is 16.5. The number of hydrogen-bond acceptors (Lipinski definition) is 4. The van der Waals surface area contributed by atoms with Gasteiger partial charge in [0.25, 0.3) is 0 Å². The zero-order valence-corrected chi connectivity index (χ0v) is 10.7. The molecule has 0 aliphatic carbocycles. The van der Waals surface area contributed by atoms with Crippen LogP contribution in [0.25, 0.3) is 0 Å². The Morgan fingerprint density at radius 1 is 1.47 bits per heavy atom. The van der Waals surface area contributed by atoms with Crippen LogP contribution >= 0.6 is 0 Å². The summed E-state index contributed by atoms with van der Waals surface area (Å²) >= 11 is 0. The Hall–Kier alpha value is -1.78. The van der Waals surface area contributed by atoms with Crippen molar-refractivity contribution < 1.29 is 9.53 Å². The molecule has 1 aromatic rings. The largest absolute Gasteiger partial charge is 0.493 e. The zero-order chi connectivity index (χ0) is 13.0. The fourth-order valence-electron chi connectivity index (χ4n) is 1.24. The molecular formula is C12H19N3O2. The maximum absolute atomic E-state index is 11.9. The number of aromatic nitrogens is 1. The molecule has 1 rings (SSSR count). The van der Waals surface area contributed by atoms with E-state index >= 15 is 0 Å². The minimum absolute atomic E-state index is 0.0735. The van der Waals surface area contributed by atoms with Crippen LogP contribution in [0.2, 0.25) is 0 Å². The van der Waals surface area contributed by atoms with Crippen LogP contribution in [0.4, 0.5) is 11.5 Å². The van der Waals surface area contributed by atoms with Gasteiger partial charge >= 0.3 is 0 Å². The summed E-state index contributed by atoms with van der Waals surface area (Å²) in [6, 6.07) is 1.63. The van der Waals surface area contributed by atoms with Crippen LogP contribution in [0.15, 0.2) is 12.3 Å². The maximum Gasteiger partial charge on any atom is 0.228 e. The Morgan fingerprint density at radius 2 is 2.12 bits per heavy atom. The van der Waals surface area contributed by atoms with Crippen molar-refractivity contribution in [2.24, 2.45) is 11.8 Å². The van der Waals surface area contributed by atoms with E-state index in [1.165, 1.54) is 13.3 Å². The van der Waals surface area contributed by atoms with Gasteiger partial charge < -0.3 is 15.8 Å². The van der Waals surface area contributed by atoms with Crippen LogP contribution in [-0.4, -0.2) is 18.0 Å². The quantitative estimate of drug-likeness (QED) is 0.838. The molecule has 0 bridgehead atoms. The number of carbonyl (C=O) groups excluding carboxylic acids is 1. The number of nitrogen functional groups attached to an aromatic ring is 1. The minimum atomic E-state index is -0.0842. The number of anilines is 2. The van der Waals surface area contributed by atoms with E-state index in [1.807, 2.05) is 20.8 Å². The molecule has 1 heterocycles. The van der Waals surface area contributed by atoms with E-state index in [9.17, 15) is 4.79 Å². The summed E-state index contributed by atoms with van der Waals surface area (Å²) in [6.07, 6.45) is 1.48. The molecule has 5 nitrogen and oxygen atoms in total. The topological polar surface area (TPSA) is 77.2 Å². The summed E-state index contributed by atoms with van der Waals surface area (Å²) in [5.41, 5.74) is 6.08. The number of nitrogens with two attached hydrogens (primary N) is 1. The van der Waals surface area contributed by atoms with Crippen molar-refractivity contribution in [3.8, 4) is 5.75 Å². The lowest BCUT2D eigenvalue weighted by molar-refractivity contribution is -0.120. The lowest BCUT2D eigenvalue weighted by Crippen LogP contribution is -2.25. The number of ether oxygens (including phenoxy) is 1. The molecule has 0 radical (unpaired) electrons. The molecule has 1 unspecified atom stereocenters. The summed E-state index contributed by atoms with van der Waals surface area (Å²) in [7, 11) is 1.51. The molecular weight excluding hydrogens is 218 g/mol. The molecule has 0 saturated heterocycles. The predicted molar refractivity (Wildman–Crippen MR) is 67.8 cm³/mol. The Morgan fingerprint density at radius 3 is 2.65 bits per heavy atom. The molecule has 0 spiro atoms. The molecule has 3 N–H and O–H groups in total. The van der Waals surface area contributed by atoms with E-state index < -0.39 is 0 Å². The van der Waals surface area contributed by atoms with Crippen molar-refractivity contribution >= 4 is 17.4 Å². The highest BCUT2D eigenvalue weighted by Crippen LogP contribution is 2.24. The average Bonchev–Trinajstić information content (AvgIpc) is 2.30. The smallest absolute Gasteiger partial charge is 0.228 e. The van der Waals surface area contributed by atoms with Gasteiger partial charge in [0.1, 0.15) is 0 Å². The SMILES string of the molecule is COc1cc(N)cnc1NC(=O)C(C)C(C)C. The van der Waals surface area contributed by atoms with E-state index in [0.29, 0.717) is 17.3 Å². The number of amides is 1. The second-order valence-electron chi connectivity index (χ2n) is 4.34. The van der Waals surface area contributed by atoms with Crippen molar-refractivity contribution in [1.29, 1.82) is 0 Å². The minimum Gasteiger partial charge on any atom is -0.493 e. The molecule has 1 aromatic heterocycles. The van der Waals surface area contributed by atoms with Gasteiger partial charge in [0.2, 0.25) is 5.91 Å². The van der Waals surface area contributed by atoms with Gasteiger partial charge in [0, 0.05) is 12.0 Å². The number of hydrogen-bond donors (Lipinski definition) is 2. The van der Waals surface area contributed by atoms with E-state index in [1.54, 1.807) is 6.07 Å². The lowest BCUT2D eigenvalue weighted by Gasteiger charge is -2.16. The predicted octanol–water partition coefficient (Wildman–Crippen LogP) is 1.90. The van der Waals surface area contributed by atoms with Crippen LogP contribution in [-0.2, 0) is 4.79 Å². The van der Waals surface area contributed by atoms with Crippen LogP contribution in [0, 0.1) is 11.8 Å². The van der Waals surface area contributed by atoms with Crippen molar-refractivity contribution in [3.05, 3.63) is 12.3 Å². The molecule has 17 heavy (non-hydrogen) atoms. The van der Waals surface area contributed by atoms with Crippen molar-refractivity contribution in [1.82, 2.24) is 4.98 Å². The lowest BCUT2D eigenvalue weighted by atomic mass is 9.97. The highest BCUT2D eigenvalue weighted by molar-refractivity contribution is 5.93. The molecule has 94 valence electrons. The van der Waals surface area contributed by atoms with Gasteiger partial charge in [-0.15, -0.1) is 0 Å². The number of pyridine rings is 1. The normalized spacial score (nSPS) is 12.3. The highest BCUT2D eigenvalue weighted by Gasteiger charge is 2.18. The first kappa shape index (κ1) is 13.3. The van der Waals surface area contributed by atoms with E-state index in [2.05, 4.69) is 10.3 Å². The van der Waals surface area contributed by atoms with Crippen molar-refractivity contribution in [2.75, 3.05) is 18.2 Å². The van der Waals surface area contributed by atoms with Gasteiger partial charge in [0.05, 0.1) is 19.0 Å². The Labute approximate surface area is 101 Å². The summed E-state index contributed by atoms with van der Waals surface area (Å²) in [6.45, 7) is 5.87. The number of nitrogens with one attached hydrogen (secondary N) is 1. The summed E-state index contributed by atoms with van der Waals surface area (Å²) in [4.78, 5) is 15.9. The van der Waals surface area contributed by atoms with Crippen LogP contribution < -0.4 is 15.8 Å². The average molecular weight is 237 g/mol. The Balaban J connectivity index is 2.84. The van der Waals surface area contributed by atoms with E-state index in [4.69, 9.17) is 10.5 Å². The van der Waals surface area contributed by atoms with Crippen molar-refractivity contribution in [3.63, 3.8) is 0 Å². The van der Waals surface area contributed by atoms with Gasteiger partial charge in [-0.25, -0.2) is 4.98 Å². The molecule has 5 heteroatoms. The molecule has 0 aliphatic heterocycles. The summed E-state index contributed by atoms with van der Waals surface area (Å²) in [5, 5.41) is 2.74. The summed E-state index contributed by atoms with van der Waals surface area (Å²) < 4.78 is 5.11. The van der Waals surface area contributed by atoms with Gasteiger partial charge in [-0.2, -0.15) is 0 Å². The van der Waals surface area contributed by atoms with Crippen molar-refractivity contribution in [2.45, 2.75) is 20.8 Å². The maximum atomic E-state index is 11.9. The Bertz CT molecular complexity index is 405. The first-order valence-electron chi connectivity index (χ1n) is 5.56. The monoisotopic (exact) mass is 237 g/mol. The number of carbonyl (C=O) groups is 1. The van der Waals surface area contributed by atoms with Gasteiger partial charge in [-0.3, -0.25) is 4.79 Å². The van der Waals surface area contributed by atoms with Crippen LogP contribution in [0.5, 0.6) is 5.75 Å². The fourth-order valence-corrected chi connectivity index (χ4v) is 1.24. The van der Waals surface area contributed by atoms with E-state index in [0.717, 1.165) is 0 Å². The third-order valence-electron chi connectivity index (χ3n) is 2.75. The third-order valence-corrected chi connectivity index (χ3v) is 2.75. The number of rotatable bonds is 4. The molecule has 0 saturated carbocycles. The first-order valence-corrected chi connectivity index (χ1v) is 5.56. The molecule has 0 aliphatic rings. The Kier molecular flexibility index (Phi) is 4.31. The second-order valence-corrected chi connectivity index (χ2v) is 4.34. The fraction of sp³-hybridized carbons (Fsp3) is 0.500.